The molecular weight excluding hydrogens is 386 g/mol. The summed E-state index contributed by atoms with van der Waals surface area (Å²) in [6.45, 7) is 3.70. The minimum absolute atomic E-state index is 0.0643. The topological polar surface area (TPSA) is 122 Å². The molecule has 0 atom stereocenters. The van der Waals surface area contributed by atoms with Crippen molar-refractivity contribution in [2.75, 3.05) is 11.4 Å². The number of carbonyl (C=O) groups excluding carboxylic acids is 1. The summed E-state index contributed by atoms with van der Waals surface area (Å²) in [7, 11) is 0. The van der Waals surface area contributed by atoms with E-state index in [4.69, 9.17) is 5.26 Å². The minimum Gasteiger partial charge on any atom is -0.310 e. The largest absolute Gasteiger partial charge is 0.310 e. The van der Waals surface area contributed by atoms with Crippen molar-refractivity contribution >= 4 is 28.2 Å². The Hall–Kier alpha value is -4.06. The maximum atomic E-state index is 13.0. The van der Waals surface area contributed by atoms with Crippen molar-refractivity contribution in [1.29, 1.82) is 5.26 Å². The lowest BCUT2D eigenvalue weighted by Gasteiger charge is -2.23. The Morgan fingerprint density at radius 2 is 1.93 bits per heavy atom. The normalized spacial score (nSPS) is 10.6. The number of nitro benzene ring substituents is 1. The Morgan fingerprint density at radius 1 is 1.23 bits per heavy atom. The zero-order valence-corrected chi connectivity index (χ0v) is 16.5. The number of nitrogens with zero attached hydrogens (tertiary/aromatic N) is 5. The van der Waals surface area contributed by atoms with Gasteiger partial charge in [0, 0.05) is 24.4 Å². The zero-order chi connectivity index (χ0) is 21.8. The molecule has 0 N–H and O–H groups in total. The number of rotatable bonds is 6. The quantitative estimate of drug-likeness (QED) is 0.459. The van der Waals surface area contributed by atoms with Crippen molar-refractivity contribution in [3.05, 3.63) is 74.3 Å². The van der Waals surface area contributed by atoms with E-state index < -0.39 is 10.5 Å². The Morgan fingerprint density at radius 3 is 2.57 bits per heavy atom. The van der Waals surface area contributed by atoms with Crippen LogP contribution in [0.3, 0.4) is 0 Å². The molecule has 0 fully saturated rings. The highest BCUT2D eigenvalue weighted by Gasteiger charge is 2.19. The Labute approximate surface area is 172 Å². The van der Waals surface area contributed by atoms with E-state index in [-0.39, 0.29) is 36.5 Å². The van der Waals surface area contributed by atoms with Gasteiger partial charge in [0.1, 0.15) is 6.54 Å². The molecule has 0 bridgehead atoms. The van der Waals surface area contributed by atoms with Gasteiger partial charge < -0.3 is 4.90 Å². The van der Waals surface area contributed by atoms with E-state index in [1.54, 1.807) is 0 Å². The lowest BCUT2D eigenvalue weighted by molar-refractivity contribution is -0.384. The van der Waals surface area contributed by atoms with Crippen LogP contribution in [-0.2, 0) is 11.3 Å². The molecule has 30 heavy (non-hydrogen) atoms. The fourth-order valence-corrected chi connectivity index (χ4v) is 3.27. The van der Waals surface area contributed by atoms with Gasteiger partial charge in [0.05, 0.1) is 34.6 Å². The number of amides is 1. The standard InChI is InChI=1S/C21H19N5O4/c1-14-8-15(2)10-17(9-14)25(7-3-6-22)20(27)12-24-13-23-19-5-4-16(26(29)30)11-18(19)21(24)28/h4-5,8-11,13H,3,7,12H2,1-2H3. The number of carbonyl (C=O) groups is 1. The predicted octanol–water partition coefficient (Wildman–Crippen LogP) is 2.87. The second-order valence-electron chi connectivity index (χ2n) is 6.94. The van der Waals surface area contributed by atoms with Crippen LogP contribution in [-0.4, -0.2) is 26.9 Å². The number of aryl methyl sites for hydroxylation is 2. The number of anilines is 1. The first-order chi connectivity index (χ1) is 14.3. The van der Waals surface area contributed by atoms with E-state index in [2.05, 4.69) is 4.98 Å². The maximum absolute atomic E-state index is 13.0. The van der Waals surface area contributed by atoms with Crippen molar-refractivity contribution in [2.45, 2.75) is 26.8 Å². The maximum Gasteiger partial charge on any atom is 0.270 e. The lowest BCUT2D eigenvalue weighted by atomic mass is 10.1. The number of nitro groups is 1. The second-order valence-corrected chi connectivity index (χ2v) is 6.94. The summed E-state index contributed by atoms with van der Waals surface area (Å²) >= 11 is 0. The SMILES string of the molecule is Cc1cc(C)cc(N(CCC#N)C(=O)Cn2cnc3ccc([N+](=O)[O-])cc3c2=O)c1. The highest BCUT2D eigenvalue weighted by molar-refractivity contribution is 5.93. The highest BCUT2D eigenvalue weighted by Crippen LogP contribution is 2.20. The van der Waals surface area contributed by atoms with Crippen molar-refractivity contribution in [1.82, 2.24) is 9.55 Å². The fraction of sp³-hybridized carbons (Fsp3) is 0.238. The number of benzene rings is 2. The molecule has 2 aromatic carbocycles. The molecule has 9 nitrogen and oxygen atoms in total. The summed E-state index contributed by atoms with van der Waals surface area (Å²) in [6, 6.07) is 11.5. The van der Waals surface area contributed by atoms with E-state index in [1.807, 2.05) is 38.1 Å². The first-order valence-corrected chi connectivity index (χ1v) is 9.19. The molecule has 1 amide bonds. The van der Waals surface area contributed by atoms with Crippen LogP contribution < -0.4 is 10.5 Å². The molecular formula is C21H19N5O4. The van der Waals surface area contributed by atoms with Crippen LogP contribution in [0.25, 0.3) is 10.9 Å². The number of nitriles is 1. The molecule has 3 rings (SSSR count). The van der Waals surface area contributed by atoms with Gasteiger partial charge in [-0.25, -0.2) is 4.98 Å². The first-order valence-electron chi connectivity index (χ1n) is 9.19. The lowest BCUT2D eigenvalue weighted by Crippen LogP contribution is -2.37. The Bertz CT molecular complexity index is 1220. The summed E-state index contributed by atoms with van der Waals surface area (Å²) in [5.74, 6) is -0.385. The Kier molecular flexibility index (Phi) is 5.88. The van der Waals surface area contributed by atoms with Gasteiger partial charge in [0.25, 0.3) is 11.2 Å². The number of hydrogen-bond acceptors (Lipinski definition) is 6. The highest BCUT2D eigenvalue weighted by atomic mass is 16.6. The average Bonchev–Trinajstić information content (AvgIpc) is 2.69. The molecule has 0 saturated heterocycles. The summed E-state index contributed by atoms with van der Waals surface area (Å²) in [5, 5.41) is 20.0. The minimum atomic E-state index is -0.592. The van der Waals surface area contributed by atoms with Crippen LogP contribution >= 0.6 is 0 Å². The van der Waals surface area contributed by atoms with E-state index in [1.165, 1.54) is 23.4 Å². The molecule has 0 aliphatic carbocycles. The summed E-state index contributed by atoms with van der Waals surface area (Å²) in [5.41, 5.74) is 2.12. The first kappa shape index (κ1) is 20.7. The third kappa shape index (κ3) is 4.33. The molecule has 0 unspecified atom stereocenters. The molecule has 0 aliphatic heterocycles. The molecule has 1 heterocycles. The van der Waals surface area contributed by atoms with Gasteiger partial charge in [0.2, 0.25) is 5.91 Å². The predicted molar refractivity (Wildman–Crippen MR) is 111 cm³/mol. The van der Waals surface area contributed by atoms with Crippen LogP contribution in [0.1, 0.15) is 17.5 Å². The van der Waals surface area contributed by atoms with Crippen LogP contribution in [0.4, 0.5) is 11.4 Å². The second kappa shape index (κ2) is 8.53. The van der Waals surface area contributed by atoms with Gasteiger partial charge in [-0.3, -0.25) is 24.3 Å². The van der Waals surface area contributed by atoms with Gasteiger partial charge in [-0.05, 0) is 43.2 Å². The zero-order valence-electron chi connectivity index (χ0n) is 16.5. The molecule has 0 radical (unpaired) electrons. The van der Waals surface area contributed by atoms with Crippen LogP contribution in [0.2, 0.25) is 0 Å². The summed E-state index contributed by atoms with van der Waals surface area (Å²) < 4.78 is 1.12. The van der Waals surface area contributed by atoms with Gasteiger partial charge in [0.15, 0.2) is 0 Å². The molecule has 3 aromatic rings. The van der Waals surface area contributed by atoms with Gasteiger partial charge >= 0.3 is 0 Å². The van der Waals surface area contributed by atoms with Gasteiger partial charge in [-0.15, -0.1) is 0 Å². The third-order valence-electron chi connectivity index (χ3n) is 4.59. The van der Waals surface area contributed by atoms with Gasteiger partial charge in [-0.1, -0.05) is 6.07 Å². The van der Waals surface area contributed by atoms with Crippen molar-refractivity contribution in [3.8, 4) is 6.07 Å². The Balaban J connectivity index is 1.98. The summed E-state index contributed by atoms with van der Waals surface area (Å²) in [6.07, 6.45) is 1.38. The monoisotopic (exact) mass is 405 g/mol. The van der Waals surface area contributed by atoms with E-state index in [0.29, 0.717) is 11.2 Å². The molecule has 152 valence electrons. The number of non-ortho nitro benzene ring substituents is 1. The van der Waals surface area contributed by atoms with E-state index in [0.717, 1.165) is 21.8 Å². The van der Waals surface area contributed by atoms with Crippen LogP contribution in [0, 0.1) is 35.3 Å². The van der Waals surface area contributed by atoms with Crippen molar-refractivity contribution in [3.63, 3.8) is 0 Å². The average molecular weight is 405 g/mol. The van der Waals surface area contributed by atoms with E-state index >= 15 is 0 Å². The van der Waals surface area contributed by atoms with Crippen LogP contribution in [0.15, 0.2) is 47.5 Å². The molecule has 9 heteroatoms. The van der Waals surface area contributed by atoms with E-state index in [9.17, 15) is 19.7 Å². The summed E-state index contributed by atoms with van der Waals surface area (Å²) in [4.78, 5) is 41.8. The van der Waals surface area contributed by atoms with Gasteiger partial charge in [-0.2, -0.15) is 5.26 Å². The van der Waals surface area contributed by atoms with Crippen molar-refractivity contribution in [2.24, 2.45) is 0 Å². The third-order valence-corrected chi connectivity index (χ3v) is 4.59. The fourth-order valence-electron chi connectivity index (χ4n) is 3.27. The molecule has 1 aromatic heterocycles. The molecule has 0 saturated carbocycles. The number of aromatic nitrogens is 2. The van der Waals surface area contributed by atoms with Crippen molar-refractivity contribution < 1.29 is 9.72 Å². The number of hydrogen-bond donors (Lipinski definition) is 0. The molecule has 0 spiro atoms. The van der Waals surface area contributed by atoms with Crippen LogP contribution in [0.5, 0.6) is 0 Å². The number of fused-ring (bicyclic) bond motifs is 1. The molecule has 0 aliphatic rings. The smallest absolute Gasteiger partial charge is 0.270 e.